The van der Waals surface area contributed by atoms with Crippen molar-refractivity contribution in [1.29, 1.82) is 0 Å². The molecule has 0 bridgehead atoms. The van der Waals surface area contributed by atoms with Crippen molar-refractivity contribution in [2.75, 3.05) is 19.5 Å². The van der Waals surface area contributed by atoms with Gasteiger partial charge in [-0.2, -0.15) is 0 Å². The smallest absolute Gasteiger partial charge is 0.348 e. The normalized spacial score (nSPS) is 10.9. The number of ether oxygens (including phenoxy) is 3. The van der Waals surface area contributed by atoms with Gasteiger partial charge in [-0.3, -0.25) is 4.79 Å². The number of rotatable bonds is 8. The molecule has 10 heteroatoms. The van der Waals surface area contributed by atoms with Crippen molar-refractivity contribution in [3.05, 3.63) is 67.9 Å². The molecule has 3 rings (SSSR count). The lowest BCUT2D eigenvalue weighted by molar-refractivity contribution is 0.0601. The molecule has 0 aliphatic carbocycles. The number of carbonyl (C=O) groups excluding carboxylic acids is 3. The number of nitrogens with one attached hydrogen (secondary N) is 1. The van der Waals surface area contributed by atoms with Crippen molar-refractivity contribution in [3.8, 4) is 5.75 Å². The highest BCUT2D eigenvalue weighted by molar-refractivity contribution is 7.18. The van der Waals surface area contributed by atoms with Crippen LogP contribution >= 0.6 is 22.9 Å². The Hall–Kier alpha value is -3.30. The molecule has 0 unspecified atom stereocenters. The van der Waals surface area contributed by atoms with Gasteiger partial charge in [0.2, 0.25) is 0 Å². The van der Waals surface area contributed by atoms with Crippen molar-refractivity contribution >= 4 is 45.8 Å². The maximum absolute atomic E-state index is 12.8. The fourth-order valence-corrected chi connectivity index (χ4v) is 4.65. The number of esters is 2. The van der Waals surface area contributed by atoms with E-state index in [0.717, 1.165) is 22.5 Å². The number of thiophene rings is 1. The van der Waals surface area contributed by atoms with Crippen LogP contribution in [0.3, 0.4) is 0 Å². The maximum atomic E-state index is 12.8. The molecule has 2 aromatic heterocycles. The lowest BCUT2D eigenvalue weighted by Gasteiger charge is -2.15. The van der Waals surface area contributed by atoms with Gasteiger partial charge < -0.3 is 23.9 Å². The fourth-order valence-electron chi connectivity index (χ4n) is 3.37. The Bertz CT molecular complexity index is 1280. The van der Waals surface area contributed by atoms with E-state index in [1.165, 1.54) is 20.3 Å². The van der Waals surface area contributed by atoms with Gasteiger partial charge in [-0.25, -0.2) is 9.59 Å². The number of anilines is 1. The second kappa shape index (κ2) is 11.0. The second-order valence-corrected chi connectivity index (χ2v) is 9.47. The number of halogens is 1. The second-order valence-electron chi connectivity index (χ2n) is 8.05. The van der Waals surface area contributed by atoms with E-state index < -0.39 is 17.8 Å². The first kappa shape index (κ1) is 26.3. The van der Waals surface area contributed by atoms with E-state index >= 15 is 0 Å². The van der Waals surface area contributed by atoms with Crippen LogP contribution in [0, 0.1) is 13.8 Å². The zero-order valence-electron chi connectivity index (χ0n) is 20.2. The van der Waals surface area contributed by atoms with Crippen LogP contribution in [0.15, 0.2) is 28.7 Å². The molecule has 0 fully saturated rings. The Balaban J connectivity index is 1.78. The highest BCUT2D eigenvalue weighted by Crippen LogP contribution is 2.35. The van der Waals surface area contributed by atoms with Crippen LogP contribution in [0.4, 0.5) is 5.00 Å². The number of amides is 1. The largest absolute Gasteiger partial charge is 0.485 e. The van der Waals surface area contributed by atoms with Gasteiger partial charge in [-0.15, -0.1) is 11.3 Å². The highest BCUT2D eigenvalue weighted by atomic mass is 35.5. The molecule has 186 valence electrons. The molecular formula is C25H26ClNO7S. The van der Waals surface area contributed by atoms with Crippen LogP contribution in [0.25, 0.3) is 0 Å². The minimum atomic E-state index is -0.683. The Labute approximate surface area is 212 Å². The van der Waals surface area contributed by atoms with Crippen LogP contribution in [0.1, 0.15) is 72.8 Å². The molecule has 0 spiro atoms. The average molecular weight is 520 g/mol. The molecule has 1 amide bonds. The lowest BCUT2D eigenvalue weighted by atomic mass is 10.0. The number of hydrogen-bond acceptors (Lipinski definition) is 8. The van der Waals surface area contributed by atoms with E-state index in [-0.39, 0.29) is 33.7 Å². The van der Waals surface area contributed by atoms with Crippen molar-refractivity contribution in [2.45, 2.75) is 40.2 Å². The monoisotopic (exact) mass is 519 g/mol. The highest BCUT2D eigenvalue weighted by Gasteiger charge is 2.27. The molecule has 0 aliphatic rings. The summed E-state index contributed by atoms with van der Waals surface area (Å²) in [6.07, 6.45) is 0. The van der Waals surface area contributed by atoms with Crippen LogP contribution in [0.5, 0.6) is 5.75 Å². The van der Waals surface area contributed by atoms with Crippen LogP contribution in [-0.2, 0) is 16.1 Å². The zero-order valence-corrected chi connectivity index (χ0v) is 21.8. The Morgan fingerprint density at radius 2 is 1.77 bits per heavy atom. The van der Waals surface area contributed by atoms with Crippen LogP contribution in [-0.4, -0.2) is 32.1 Å². The molecule has 0 saturated carbocycles. The first-order valence-corrected chi connectivity index (χ1v) is 11.9. The van der Waals surface area contributed by atoms with Gasteiger partial charge in [-0.05, 0) is 60.7 Å². The first-order chi connectivity index (χ1) is 16.6. The topological polar surface area (TPSA) is 104 Å². The van der Waals surface area contributed by atoms with E-state index in [0.29, 0.717) is 22.1 Å². The third kappa shape index (κ3) is 5.68. The summed E-state index contributed by atoms with van der Waals surface area (Å²) >= 11 is 7.18. The molecule has 0 saturated heterocycles. The third-order valence-electron chi connectivity index (χ3n) is 5.30. The average Bonchev–Trinajstić information content (AvgIpc) is 3.43. The lowest BCUT2D eigenvalue weighted by Crippen LogP contribution is -2.13. The van der Waals surface area contributed by atoms with Gasteiger partial charge >= 0.3 is 11.9 Å². The maximum Gasteiger partial charge on any atom is 0.348 e. The summed E-state index contributed by atoms with van der Waals surface area (Å²) in [7, 11) is 2.45. The molecule has 8 nitrogen and oxygen atoms in total. The van der Waals surface area contributed by atoms with E-state index in [9.17, 15) is 14.4 Å². The third-order valence-corrected chi connectivity index (χ3v) is 6.90. The molecular weight excluding hydrogens is 494 g/mol. The molecule has 35 heavy (non-hydrogen) atoms. The van der Waals surface area contributed by atoms with Crippen LogP contribution in [0.2, 0.25) is 5.02 Å². The van der Waals surface area contributed by atoms with E-state index in [4.69, 9.17) is 30.2 Å². The summed E-state index contributed by atoms with van der Waals surface area (Å²) in [6.45, 7) is 7.67. The molecule has 0 radical (unpaired) electrons. The number of benzene rings is 1. The first-order valence-electron chi connectivity index (χ1n) is 10.7. The van der Waals surface area contributed by atoms with E-state index in [1.54, 1.807) is 13.0 Å². The molecule has 0 aliphatic heterocycles. The Kier molecular flexibility index (Phi) is 8.24. The van der Waals surface area contributed by atoms with Crippen LogP contribution < -0.4 is 10.1 Å². The van der Waals surface area contributed by atoms with Crippen molar-refractivity contribution in [3.63, 3.8) is 0 Å². The number of aryl methyl sites for hydroxylation is 1. The van der Waals surface area contributed by atoms with Gasteiger partial charge in [-0.1, -0.05) is 25.4 Å². The van der Waals surface area contributed by atoms with E-state index in [1.807, 2.05) is 32.9 Å². The minimum Gasteiger partial charge on any atom is -0.485 e. The van der Waals surface area contributed by atoms with Crippen molar-refractivity contribution in [2.24, 2.45) is 0 Å². The van der Waals surface area contributed by atoms with Gasteiger partial charge in [0.05, 0.1) is 19.8 Å². The molecule has 0 atom stereocenters. The van der Waals surface area contributed by atoms with Gasteiger partial charge in [0.15, 0.2) is 5.76 Å². The van der Waals surface area contributed by atoms with Crippen molar-refractivity contribution < 1.29 is 33.0 Å². The van der Waals surface area contributed by atoms with Gasteiger partial charge in [0.1, 0.15) is 28.0 Å². The summed E-state index contributed by atoms with van der Waals surface area (Å²) in [4.78, 5) is 37.3. The summed E-state index contributed by atoms with van der Waals surface area (Å²) < 4.78 is 21.2. The summed E-state index contributed by atoms with van der Waals surface area (Å²) in [5, 5.41) is 3.46. The number of carbonyl (C=O) groups is 3. The quantitative estimate of drug-likeness (QED) is 0.356. The standard InChI is InChI=1S/C25H26ClNO7S/c1-12(2)16-10-17(26)13(3)9-19(16)33-11-15-7-8-18(34-15)22(28)27-23-20(24(29)31-5)14(4)21(35-23)25(30)32-6/h7-10,12H,11H2,1-6H3,(H,27,28). The minimum absolute atomic E-state index is 0.0152. The Morgan fingerprint density at radius 1 is 1.09 bits per heavy atom. The molecule has 3 aromatic rings. The Morgan fingerprint density at radius 3 is 2.40 bits per heavy atom. The number of hydrogen-bond donors (Lipinski definition) is 1. The van der Waals surface area contributed by atoms with Gasteiger partial charge in [0.25, 0.3) is 5.91 Å². The number of furan rings is 1. The zero-order chi connectivity index (χ0) is 25.9. The van der Waals surface area contributed by atoms with E-state index in [2.05, 4.69) is 5.32 Å². The molecule has 1 aromatic carbocycles. The molecule has 2 heterocycles. The SMILES string of the molecule is COC(=O)c1sc(NC(=O)c2ccc(COc3cc(C)c(Cl)cc3C(C)C)o2)c(C(=O)OC)c1C. The predicted molar refractivity (Wildman–Crippen MR) is 133 cm³/mol. The van der Waals surface area contributed by atoms with Gasteiger partial charge in [0, 0.05) is 5.02 Å². The summed E-state index contributed by atoms with van der Waals surface area (Å²) in [6, 6.07) is 6.90. The number of methoxy groups -OCH3 is 2. The fraction of sp³-hybridized carbons (Fsp3) is 0.320. The summed E-state index contributed by atoms with van der Waals surface area (Å²) in [5.41, 5.74) is 2.30. The van der Waals surface area contributed by atoms with Crippen molar-refractivity contribution in [1.82, 2.24) is 0 Å². The summed E-state index contributed by atoms with van der Waals surface area (Å²) in [5.74, 6) is -0.551. The predicted octanol–water partition coefficient (Wildman–Crippen LogP) is 6.14. The molecule has 1 N–H and O–H groups in total.